The molecular formula is C16H18N6O2S. The number of benzene rings is 1. The van der Waals surface area contributed by atoms with Gasteiger partial charge in [0.2, 0.25) is 4.77 Å². The van der Waals surface area contributed by atoms with Crippen molar-refractivity contribution in [1.29, 1.82) is 0 Å². The van der Waals surface area contributed by atoms with Crippen LogP contribution in [0.4, 0.5) is 0 Å². The molecule has 0 radical (unpaired) electrons. The average molecular weight is 358 g/mol. The monoisotopic (exact) mass is 358 g/mol. The molecule has 0 amide bonds. The van der Waals surface area contributed by atoms with Crippen LogP contribution in [0, 0.1) is 18.6 Å². The topological polar surface area (TPSA) is 93.3 Å². The van der Waals surface area contributed by atoms with Gasteiger partial charge in [0, 0.05) is 5.69 Å². The molecule has 2 aromatic heterocycles. The normalized spacial score (nSPS) is 11.3. The lowest BCUT2D eigenvalue weighted by Gasteiger charge is -2.06. The third-order valence-corrected chi connectivity index (χ3v) is 3.70. The number of nitrogens with zero attached hydrogens (tertiary/aromatic N) is 5. The molecule has 1 aromatic carbocycles. The molecule has 0 saturated carbocycles. The highest BCUT2D eigenvalue weighted by Gasteiger charge is 2.11. The number of aromatic nitrogens is 5. The van der Waals surface area contributed by atoms with Gasteiger partial charge in [0.1, 0.15) is 0 Å². The number of hydrogen-bond donors (Lipinski definition) is 2. The van der Waals surface area contributed by atoms with Crippen LogP contribution in [0.25, 0.3) is 5.95 Å². The molecule has 0 unspecified atom stereocenters. The lowest BCUT2D eigenvalue weighted by molar-refractivity contribution is 0.318. The first-order chi connectivity index (χ1) is 12.0. The SMILES string of the molecule is CCOc1cc(/C=N/n2c(-n3nc(C)cc3C)n[nH]c2=S)ccc1O. The summed E-state index contributed by atoms with van der Waals surface area (Å²) in [7, 11) is 0. The van der Waals surface area contributed by atoms with E-state index < -0.39 is 0 Å². The molecule has 25 heavy (non-hydrogen) atoms. The van der Waals surface area contributed by atoms with E-state index in [-0.39, 0.29) is 5.75 Å². The molecule has 8 nitrogen and oxygen atoms in total. The summed E-state index contributed by atoms with van der Waals surface area (Å²) in [6.45, 7) is 6.15. The fraction of sp³-hybridized carbons (Fsp3) is 0.250. The zero-order valence-corrected chi connectivity index (χ0v) is 14.9. The van der Waals surface area contributed by atoms with Crippen LogP contribution in [0.15, 0.2) is 29.4 Å². The van der Waals surface area contributed by atoms with Crippen molar-refractivity contribution < 1.29 is 9.84 Å². The van der Waals surface area contributed by atoms with E-state index in [9.17, 15) is 5.11 Å². The van der Waals surface area contributed by atoms with E-state index in [0.717, 1.165) is 17.0 Å². The molecule has 3 rings (SSSR count). The summed E-state index contributed by atoms with van der Waals surface area (Å²) in [5.74, 6) is 0.957. The molecule has 130 valence electrons. The van der Waals surface area contributed by atoms with Crippen LogP contribution in [0.2, 0.25) is 0 Å². The van der Waals surface area contributed by atoms with Crippen molar-refractivity contribution in [2.75, 3.05) is 6.61 Å². The first-order valence-corrected chi connectivity index (χ1v) is 8.11. The second kappa shape index (κ2) is 6.89. The average Bonchev–Trinajstić information content (AvgIpc) is 3.10. The lowest BCUT2D eigenvalue weighted by atomic mass is 10.2. The Kier molecular flexibility index (Phi) is 4.66. The Labute approximate surface area is 149 Å². The highest BCUT2D eigenvalue weighted by molar-refractivity contribution is 7.71. The summed E-state index contributed by atoms with van der Waals surface area (Å²) in [6, 6.07) is 6.94. The van der Waals surface area contributed by atoms with Crippen molar-refractivity contribution in [3.63, 3.8) is 0 Å². The Morgan fingerprint density at radius 3 is 2.84 bits per heavy atom. The maximum absolute atomic E-state index is 9.77. The molecule has 9 heteroatoms. The summed E-state index contributed by atoms with van der Waals surface area (Å²) in [5, 5.41) is 25.5. The third-order valence-electron chi connectivity index (χ3n) is 3.44. The second-order valence-electron chi connectivity index (χ2n) is 5.38. The Balaban J connectivity index is 1.98. The van der Waals surface area contributed by atoms with Crippen LogP contribution in [0.3, 0.4) is 0 Å². The van der Waals surface area contributed by atoms with E-state index in [4.69, 9.17) is 17.0 Å². The van der Waals surface area contributed by atoms with E-state index >= 15 is 0 Å². The summed E-state index contributed by atoms with van der Waals surface area (Å²) < 4.78 is 8.88. The Bertz CT molecular complexity index is 985. The minimum atomic E-state index is 0.0854. The van der Waals surface area contributed by atoms with Gasteiger partial charge in [-0.3, -0.25) is 0 Å². The molecule has 0 aliphatic rings. The largest absolute Gasteiger partial charge is 0.504 e. The highest BCUT2D eigenvalue weighted by atomic mass is 32.1. The molecule has 0 atom stereocenters. The maximum atomic E-state index is 9.77. The van der Waals surface area contributed by atoms with Crippen molar-refractivity contribution in [2.45, 2.75) is 20.8 Å². The number of hydrogen-bond acceptors (Lipinski definition) is 6. The number of phenols is 1. The van der Waals surface area contributed by atoms with Crippen LogP contribution in [-0.2, 0) is 0 Å². The number of phenolic OH excluding ortho intramolecular Hbond substituents is 1. The van der Waals surface area contributed by atoms with Gasteiger partial charge in [-0.1, -0.05) is 0 Å². The zero-order chi connectivity index (χ0) is 18.0. The maximum Gasteiger partial charge on any atom is 0.271 e. The summed E-state index contributed by atoms with van der Waals surface area (Å²) in [4.78, 5) is 0. The Morgan fingerprint density at radius 1 is 1.36 bits per heavy atom. The quantitative estimate of drug-likeness (QED) is 0.540. The van der Waals surface area contributed by atoms with Gasteiger partial charge in [-0.15, -0.1) is 5.10 Å². The van der Waals surface area contributed by atoms with Crippen LogP contribution < -0.4 is 4.74 Å². The fourth-order valence-corrected chi connectivity index (χ4v) is 2.54. The van der Waals surface area contributed by atoms with E-state index in [1.807, 2.05) is 26.8 Å². The number of ether oxygens (including phenoxy) is 1. The number of aryl methyl sites for hydroxylation is 2. The number of aromatic hydroxyl groups is 1. The number of aromatic amines is 1. The van der Waals surface area contributed by atoms with Gasteiger partial charge in [0.15, 0.2) is 11.5 Å². The standard InChI is InChI=1S/C16H18N6O2S/c1-4-24-14-8-12(5-6-13(14)23)9-17-22-15(18-19-16(22)25)21-11(3)7-10(2)20-21/h5-9,23H,4H2,1-3H3,(H,19,25)/b17-9+. The van der Waals surface area contributed by atoms with E-state index in [0.29, 0.717) is 23.1 Å². The highest BCUT2D eigenvalue weighted by Crippen LogP contribution is 2.26. The van der Waals surface area contributed by atoms with Gasteiger partial charge >= 0.3 is 0 Å². The van der Waals surface area contributed by atoms with Gasteiger partial charge in [-0.05, 0) is 62.8 Å². The van der Waals surface area contributed by atoms with Gasteiger partial charge in [-0.2, -0.15) is 14.9 Å². The first-order valence-electron chi connectivity index (χ1n) is 7.71. The van der Waals surface area contributed by atoms with Gasteiger partial charge in [0.05, 0.1) is 18.5 Å². The van der Waals surface area contributed by atoms with E-state index in [2.05, 4.69) is 20.4 Å². The zero-order valence-electron chi connectivity index (χ0n) is 14.1. The fourth-order valence-electron chi connectivity index (χ4n) is 2.36. The first kappa shape index (κ1) is 16.9. The molecule has 3 aromatic rings. The van der Waals surface area contributed by atoms with Crippen molar-refractivity contribution in [1.82, 2.24) is 24.7 Å². The minimum Gasteiger partial charge on any atom is -0.504 e. The van der Waals surface area contributed by atoms with Crippen molar-refractivity contribution in [2.24, 2.45) is 5.10 Å². The van der Waals surface area contributed by atoms with Gasteiger partial charge < -0.3 is 9.84 Å². The Morgan fingerprint density at radius 2 is 2.16 bits per heavy atom. The molecule has 0 fully saturated rings. The Hall–Kier alpha value is -2.94. The van der Waals surface area contributed by atoms with Crippen LogP contribution in [0.1, 0.15) is 23.9 Å². The molecule has 0 aliphatic carbocycles. The summed E-state index contributed by atoms with van der Waals surface area (Å²) >= 11 is 5.25. The molecule has 0 bridgehead atoms. The summed E-state index contributed by atoms with van der Waals surface area (Å²) in [5.41, 5.74) is 2.55. The molecule has 0 aliphatic heterocycles. The third kappa shape index (κ3) is 3.45. The predicted octanol–water partition coefficient (Wildman–Crippen LogP) is 2.73. The van der Waals surface area contributed by atoms with Crippen molar-refractivity contribution in [3.05, 3.63) is 46.0 Å². The molecular weight excluding hydrogens is 340 g/mol. The number of H-pyrrole nitrogens is 1. The van der Waals surface area contributed by atoms with Gasteiger partial charge in [-0.25, -0.2) is 9.78 Å². The van der Waals surface area contributed by atoms with Crippen LogP contribution >= 0.6 is 12.2 Å². The van der Waals surface area contributed by atoms with Crippen molar-refractivity contribution in [3.8, 4) is 17.4 Å². The van der Waals surface area contributed by atoms with E-state index in [1.54, 1.807) is 29.1 Å². The van der Waals surface area contributed by atoms with Crippen molar-refractivity contribution >= 4 is 18.4 Å². The van der Waals surface area contributed by atoms with E-state index in [1.165, 1.54) is 4.68 Å². The molecule has 2 N–H and O–H groups in total. The summed E-state index contributed by atoms with van der Waals surface area (Å²) in [6.07, 6.45) is 1.61. The minimum absolute atomic E-state index is 0.0854. The number of rotatable bonds is 5. The predicted molar refractivity (Wildman–Crippen MR) is 96.3 cm³/mol. The smallest absolute Gasteiger partial charge is 0.271 e. The number of nitrogens with one attached hydrogen (secondary N) is 1. The molecule has 0 spiro atoms. The van der Waals surface area contributed by atoms with Crippen LogP contribution in [0.5, 0.6) is 11.5 Å². The van der Waals surface area contributed by atoms with Crippen LogP contribution in [-0.4, -0.2) is 42.6 Å². The molecule has 2 heterocycles. The van der Waals surface area contributed by atoms with Gasteiger partial charge in [0.25, 0.3) is 5.95 Å². The second-order valence-corrected chi connectivity index (χ2v) is 5.77. The lowest BCUT2D eigenvalue weighted by Crippen LogP contribution is -2.07. The molecule has 0 saturated heterocycles.